The number of hydrogen-bond donors (Lipinski definition) is 1. The summed E-state index contributed by atoms with van der Waals surface area (Å²) >= 11 is 0. The monoisotopic (exact) mass is 282 g/mol. The molecule has 0 aromatic carbocycles. The van der Waals surface area contributed by atoms with Gasteiger partial charge in [-0.25, -0.2) is 0 Å². The third kappa shape index (κ3) is 5.36. The van der Waals surface area contributed by atoms with Crippen LogP contribution in [0.5, 0.6) is 0 Å². The molecule has 1 unspecified atom stereocenters. The van der Waals surface area contributed by atoms with Crippen LogP contribution in [0.15, 0.2) is 0 Å². The van der Waals surface area contributed by atoms with Crippen LogP contribution in [0.1, 0.15) is 13.8 Å². The Kier molecular flexibility index (Phi) is 5.61. The molecule has 0 aromatic heterocycles. The lowest BCUT2D eigenvalue weighted by molar-refractivity contribution is -0.197. The normalized spacial score (nSPS) is 20.7. The summed E-state index contributed by atoms with van der Waals surface area (Å²) in [7, 11) is 0. The molecule has 1 aliphatic heterocycles. The number of alkyl halides is 3. The first-order valence-electron chi connectivity index (χ1n) is 6.44. The predicted octanol–water partition coefficient (Wildman–Crippen LogP) is 1.52. The van der Waals surface area contributed by atoms with Gasteiger partial charge in [0, 0.05) is 39.3 Å². The van der Waals surface area contributed by atoms with Gasteiger partial charge in [0.25, 0.3) is 0 Å². The second-order valence-corrected chi connectivity index (χ2v) is 5.43. The van der Waals surface area contributed by atoms with Crippen LogP contribution in [0.4, 0.5) is 13.2 Å². The van der Waals surface area contributed by atoms with Gasteiger partial charge in [-0.2, -0.15) is 13.2 Å². The van der Waals surface area contributed by atoms with Crippen LogP contribution in [0, 0.1) is 11.8 Å². The number of piperazine rings is 1. The molecule has 1 heterocycles. The van der Waals surface area contributed by atoms with Crippen LogP contribution < -0.4 is 0 Å². The molecule has 1 aliphatic rings. The Balaban J connectivity index is 2.45. The molecule has 1 N–H and O–H groups in total. The number of rotatable bonds is 5. The summed E-state index contributed by atoms with van der Waals surface area (Å²) in [5.41, 5.74) is 0. The molecule has 7 heteroatoms. The molecule has 1 saturated heterocycles. The smallest absolute Gasteiger partial charge is 0.403 e. The molecule has 112 valence electrons. The van der Waals surface area contributed by atoms with Crippen molar-refractivity contribution in [2.24, 2.45) is 11.8 Å². The Hall–Kier alpha value is -0.820. The fourth-order valence-corrected chi connectivity index (χ4v) is 2.25. The van der Waals surface area contributed by atoms with Gasteiger partial charge in [-0.15, -0.1) is 0 Å². The van der Waals surface area contributed by atoms with Gasteiger partial charge in [0.2, 0.25) is 0 Å². The minimum absolute atomic E-state index is 0.450. The van der Waals surface area contributed by atoms with Crippen molar-refractivity contribution in [2.45, 2.75) is 20.0 Å². The number of halogens is 3. The van der Waals surface area contributed by atoms with Crippen molar-refractivity contribution >= 4 is 5.97 Å². The van der Waals surface area contributed by atoms with E-state index in [1.165, 1.54) is 0 Å². The van der Waals surface area contributed by atoms with Crippen molar-refractivity contribution in [3.63, 3.8) is 0 Å². The third-order valence-corrected chi connectivity index (χ3v) is 3.22. The molecular weight excluding hydrogens is 261 g/mol. The molecule has 19 heavy (non-hydrogen) atoms. The van der Waals surface area contributed by atoms with Gasteiger partial charge in [0.1, 0.15) is 0 Å². The van der Waals surface area contributed by atoms with E-state index in [2.05, 4.69) is 18.7 Å². The van der Waals surface area contributed by atoms with E-state index in [1.54, 1.807) is 4.90 Å². The topological polar surface area (TPSA) is 43.8 Å². The molecule has 0 spiro atoms. The van der Waals surface area contributed by atoms with Crippen molar-refractivity contribution in [1.29, 1.82) is 0 Å². The summed E-state index contributed by atoms with van der Waals surface area (Å²) in [6, 6.07) is 0. The Morgan fingerprint density at radius 1 is 1.11 bits per heavy atom. The molecule has 0 saturated carbocycles. The van der Waals surface area contributed by atoms with Crippen molar-refractivity contribution in [3.05, 3.63) is 0 Å². The average molecular weight is 282 g/mol. The molecule has 0 bridgehead atoms. The highest BCUT2D eigenvalue weighted by atomic mass is 19.4. The van der Waals surface area contributed by atoms with Gasteiger partial charge >= 0.3 is 12.1 Å². The van der Waals surface area contributed by atoms with Crippen molar-refractivity contribution < 1.29 is 23.1 Å². The van der Waals surface area contributed by atoms with E-state index >= 15 is 0 Å². The van der Waals surface area contributed by atoms with Crippen molar-refractivity contribution in [3.8, 4) is 0 Å². The second kappa shape index (κ2) is 6.56. The minimum atomic E-state index is -4.68. The van der Waals surface area contributed by atoms with Crippen LogP contribution in [0.25, 0.3) is 0 Å². The van der Waals surface area contributed by atoms with E-state index in [9.17, 15) is 18.0 Å². The van der Waals surface area contributed by atoms with Crippen LogP contribution in [0.3, 0.4) is 0 Å². The van der Waals surface area contributed by atoms with Crippen molar-refractivity contribution in [1.82, 2.24) is 9.80 Å². The van der Waals surface area contributed by atoms with E-state index in [4.69, 9.17) is 5.11 Å². The maximum absolute atomic E-state index is 12.6. The highest BCUT2D eigenvalue weighted by Crippen LogP contribution is 2.27. The van der Waals surface area contributed by atoms with Gasteiger partial charge in [-0.1, -0.05) is 13.8 Å². The van der Waals surface area contributed by atoms with E-state index < -0.39 is 24.6 Å². The van der Waals surface area contributed by atoms with Gasteiger partial charge in [-0.3, -0.25) is 9.69 Å². The van der Waals surface area contributed by atoms with Gasteiger partial charge in [0.05, 0.1) is 0 Å². The van der Waals surface area contributed by atoms with Crippen molar-refractivity contribution in [2.75, 3.05) is 39.3 Å². The van der Waals surface area contributed by atoms with Gasteiger partial charge in [0.15, 0.2) is 5.92 Å². The quantitative estimate of drug-likeness (QED) is 0.830. The van der Waals surface area contributed by atoms with E-state index in [1.807, 2.05) is 0 Å². The number of carbonyl (C=O) groups is 1. The number of aliphatic carboxylic acids is 1. The zero-order valence-corrected chi connectivity index (χ0v) is 11.3. The molecule has 1 fully saturated rings. The number of nitrogens with zero attached hydrogens (tertiary/aromatic N) is 2. The average Bonchev–Trinajstić information content (AvgIpc) is 2.25. The first-order chi connectivity index (χ1) is 8.70. The van der Waals surface area contributed by atoms with Crippen LogP contribution in [0.2, 0.25) is 0 Å². The minimum Gasteiger partial charge on any atom is -0.481 e. The molecule has 1 atom stereocenters. The fourth-order valence-electron chi connectivity index (χ4n) is 2.25. The lowest BCUT2D eigenvalue weighted by Gasteiger charge is -2.36. The predicted molar refractivity (Wildman–Crippen MR) is 64.9 cm³/mol. The maximum Gasteiger partial charge on any atom is 0.403 e. The summed E-state index contributed by atoms with van der Waals surface area (Å²) in [5, 5.41) is 8.65. The summed E-state index contributed by atoms with van der Waals surface area (Å²) in [6.45, 7) is 7.04. The molecule has 0 radical (unpaired) electrons. The Bertz CT molecular complexity index is 300. The number of carboxylic acids is 1. The molecule has 0 aromatic rings. The first-order valence-corrected chi connectivity index (χ1v) is 6.44. The van der Waals surface area contributed by atoms with E-state index in [0.29, 0.717) is 32.1 Å². The maximum atomic E-state index is 12.6. The molecule has 0 aliphatic carbocycles. The van der Waals surface area contributed by atoms with Gasteiger partial charge in [-0.05, 0) is 5.92 Å². The Morgan fingerprint density at radius 3 is 1.84 bits per heavy atom. The SMILES string of the molecule is CC(C)CN1CCN(CC(C(=O)O)C(F)(F)F)CC1. The highest BCUT2D eigenvalue weighted by molar-refractivity contribution is 5.71. The van der Waals surface area contributed by atoms with Crippen LogP contribution >= 0.6 is 0 Å². The largest absolute Gasteiger partial charge is 0.481 e. The second-order valence-electron chi connectivity index (χ2n) is 5.43. The first kappa shape index (κ1) is 16.2. The summed E-state index contributed by atoms with van der Waals surface area (Å²) in [5.74, 6) is -3.56. The third-order valence-electron chi connectivity index (χ3n) is 3.22. The summed E-state index contributed by atoms with van der Waals surface area (Å²) in [6.07, 6.45) is -4.68. The highest BCUT2D eigenvalue weighted by Gasteiger charge is 2.46. The van der Waals surface area contributed by atoms with Crippen LogP contribution in [-0.2, 0) is 4.79 Å². The summed E-state index contributed by atoms with van der Waals surface area (Å²) < 4.78 is 37.7. The van der Waals surface area contributed by atoms with E-state index in [0.717, 1.165) is 6.54 Å². The lowest BCUT2D eigenvalue weighted by Crippen LogP contribution is -2.51. The Labute approximate surface area is 111 Å². The lowest BCUT2D eigenvalue weighted by atomic mass is 10.1. The molecule has 1 rings (SSSR count). The number of hydrogen-bond acceptors (Lipinski definition) is 3. The summed E-state index contributed by atoms with van der Waals surface area (Å²) in [4.78, 5) is 14.5. The van der Waals surface area contributed by atoms with Gasteiger partial charge < -0.3 is 10.0 Å². The zero-order valence-electron chi connectivity index (χ0n) is 11.3. The van der Waals surface area contributed by atoms with E-state index in [-0.39, 0.29) is 0 Å². The zero-order chi connectivity index (χ0) is 14.6. The standard InChI is InChI=1S/C12H21F3N2O2/c1-9(2)7-16-3-5-17(6-4-16)8-10(11(18)19)12(13,14)15/h9-10H,3-8H2,1-2H3,(H,18,19). The molecule has 0 amide bonds. The molecule has 4 nitrogen and oxygen atoms in total. The fraction of sp³-hybridized carbons (Fsp3) is 0.917. The molecular formula is C12H21F3N2O2. The number of carboxylic acid groups (broad SMARTS) is 1. The van der Waals surface area contributed by atoms with Crippen LogP contribution in [-0.4, -0.2) is 66.3 Å². The Morgan fingerprint density at radius 2 is 1.53 bits per heavy atom.